The average molecular weight is 372 g/mol. The first-order valence-corrected chi connectivity index (χ1v) is 8.06. The van der Waals surface area contributed by atoms with Crippen LogP contribution in [0.25, 0.3) is 0 Å². The van der Waals surface area contributed by atoms with Gasteiger partial charge in [0.05, 0.1) is 10.7 Å². The number of imide groups is 1. The summed E-state index contributed by atoms with van der Waals surface area (Å²) in [4.78, 5) is 36.6. The number of hydrogen-bond donors (Lipinski definition) is 0. The van der Waals surface area contributed by atoms with Crippen molar-refractivity contribution in [2.24, 2.45) is 0 Å². The number of hydrogen-bond acceptors (Lipinski definition) is 4. The monoisotopic (exact) mass is 371 g/mol. The molecule has 8 heteroatoms. The van der Waals surface area contributed by atoms with Crippen LogP contribution in [0.2, 0.25) is 5.02 Å². The average Bonchev–Trinajstić information content (AvgIpc) is 2.79. The molecule has 1 aromatic rings. The molecule has 1 aliphatic carbocycles. The normalized spacial score (nSPS) is 17.4. The molecule has 0 saturated carbocycles. The van der Waals surface area contributed by atoms with Crippen LogP contribution in [0.1, 0.15) is 25.7 Å². The molecule has 2 aliphatic rings. The van der Waals surface area contributed by atoms with Crippen molar-refractivity contribution in [3.63, 3.8) is 0 Å². The Morgan fingerprint density at radius 2 is 1.75 bits per heavy atom. The smallest absolute Gasteiger partial charge is 0.261 e. The first-order chi connectivity index (χ1) is 11.4. The van der Waals surface area contributed by atoms with Gasteiger partial charge in [0.15, 0.2) is 6.61 Å². The number of rotatable bonds is 4. The van der Waals surface area contributed by atoms with E-state index in [1.807, 2.05) is 0 Å². The van der Waals surface area contributed by atoms with Crippen LogP contribution >= 0.6 is 23.2 Å². The zero-order chi connectivity index (χ0) is 17.4. The Morgan fingerprint density at radius 1 is 1.17 bits per heavy atom. The van der Waals surface area contributed by atoms with E-state index >= 15 is 0 Å². The number of amides is 2. The highest BCUT2D eigenvalue weighted by molar-refractivity contribution is 6.63. The second-order valence-electron chi connectivity index (χ2n) is 5.49. The van der Waals surface area contributed by atoms with Gasteiger partial charge in [-0.05, 0) is 43.4 Å². The molecule has 0 radical (unpaired) electrons. The van der Waals surface area contributed by atoms with E-state index in [0.29, 0.717) is 24.0 Å². The maximum atomic E-state index is 14.3. The molecule has 24 heavy (non-hydrogen) atoms. The van der Waals surface area contributed by atoms with Crippen LogP contribution in [0.5, 0.6) is 5.75 Å². The van der Waals surface area contributed by atoms with E-state index in [9.17, 15) is 18.8 Å². The minimum absolute atomic E-state index is 0.0347. The molecule has 126 valence electrons. The lowest BCUT2D eigenvalue weighted by Crippen LogP contribution is -2.32. The summed E-state index contributed by atoms with van der Waals surface area (Å²) in [5, 5.41) is -0.853. The standard InChI is InChI=1S/C16H12Cl2FNO4/c17-10-5-11(19)12(6-13(10)24-7-14(18)21)20-15(22)8-3-1-2-4-9(8)16(20)23/h5-6H,1-4,7H2. The second kappa shape index (κ2) is 6.53. The van der Waals surface area contributed by atoms with Gasteiger partial charge in [-0.1, -0.05) is 11.6 Å². The lowest BCUT2D eigenvalue weighted by atomic mass is 9.93. The maximum absolute atomic E-state index is 14.3. The number of benzene rings is 1. The summed E-state index contributed by atoms with van der Waals surface area (Å²) in [6.45, 7) is -0.469. The van der Waals surface area contributed by atoms with Crippen LogP contribution in [0.3, 0.4) is 0 Å². The Bertz CT molecular complexity index is 763. The number of ether oxygens (including phenoxy) is 1. The van der Waals surface area contributed by atoms with Crippen LogP contribution in [-0.2, 0) is 14.4 Å². The molecule has 3 rings (SSSR count). The SMILES string of the molecule is O=C(Cl)COc1cc(N2C(=O)C3=C(CCCC3)C2=O)c(F)cc1Cl. The molecule has 0 aromatic heterocycles. The molecule has 1 heterocycles. The van der Waals surface area contributed by atoms with Crippen molar-refractivity contribution in [3.05, 3.63) is 34.1 Å². The van der Waals surface area contributed by atoms with Crippen molar-refractivity contribution in [2.45, 2.75) is 25.7 Å². The third-order valence-electron chi connectivity index (χ3n) is 3.97. The van der Waals surface area contributed by atoms with Gasteiger partial charge in [-0.2, -0.15) is 0 Å². The first kappa shape index (κ1) is 16.9. The molecule has 0 fully saturated rings. The number of anilines is 1. The minimum Gasteiger partial charge on any atom is -0.483 e. The van der Waals surface area contributed by atoms with Gasteiger partial charge >= 0.3 is 0 Å². The number of halogens is 3. The zero-order valence-corrected chi connectivity index (χ0v) is 13.9. The second-order valence-corrected chi connectivity index (χ2v) is 6.32. The van der Waals surface area contributed by atoms with E-state index in [-0.39, 0.29) is 16.5 Å². The first-order valence-electron chi connectivity index (χ1n) is 7.31. The van der Waals surface area contributed by atoms with Gasteiger partial charge in [0.2, 0.25) is 0 Å². The van der Waals surface area contributed by atoms with Crippen LogP contribution in [0, 0.1) is 5.82 Å². The van der Waals surface area contributed by atoms with Crippen LogP contribution in [-0.4, -0.2) is 23.7 Å². The summed E-state index contributed by atoms with van der Waals surface area (Å²) < 4.78 is 19.4. The molecule has 0 N–H and O–H groups in total. The molecule has 1 aliphatic heterocycles. The van der Waals surface area contributed by atoms with Gasteiger partial charge in [-0.25, -0.2) is 9.29 Å². The van der Waals surface area contributed by atoms with Crippen LogP contribution in [0.4, 0.5) is 10.1 Å². The summed E-state index contributed by atoms with van der Waals surface area (Å²) >= 11 is 11.1. The summed E-state index contributed by atoms with van der Waals surface area (Å²) in [5.74, 6) is -1.90. The Kier molecular flexibility index (Phi) is 4.60. The summed E-state index contributed by atoms with van der Waals surface area (Å²) in [6.07, 6.45) is 2.66. The predicted octanol–water partition coefficient (Wildman–Crippen LogP) is 3.37. The molecule has 1 aromatic carbocycles. The van der Waals surface area contributed by atoms with Crippen molar-refractivity contribution in [1.82, 2.24) is 0 Å². The minimum atomic E-state index is -0.828. The molecule has 0 unspecified atom stereocenters. The fourth-order valence-electron chi connectivity index (χ4n) is 2.89. The van der Waals surface area contributed by atoms with Crippen LogP contribution < -0.4 is 9.64 Å². The van der Waals surface area contributed by atoms with Gasteiger partial charge < -0.3 is 4.74 Å². The van der Waals surface area contributed by atoms with Gasteiger partial charge in [0.1, 0.15) is 11.6 Å². The predicted molar refractivity (Wildman–Crippen MR) is 85.8 cm³/mol. The van der Waals surface area contributed by atoms with Gasteiger partial charge in [0, 0.05) is 17.2 Å². The van der Waals surface area contributed by atoms with E-state index in [4.69, 9.17) is 27.9 Å². The maximum Gasteiger partial charge on any atom is 0.261 e. The highest BCUT2D eigenvalue weighted by Gasteiger charge is 2.41. The van der Waals surface area contributed by atoms with E-state index in [1.165, 1.54) is 0 Å². The van der Waals surface area contributed by atoms with Crippen molar-refractivity contribution >= 4 is 45.9 Å². The third-order valence-corrected chi connectivity index (χ3v) is 4.38. The molecule has 0 bridgehead atoms. The summed E-state index contributed by atoms with van der Waals surface area (Å²) in [6, 6.07) is 2.06. The van der Waals surface area contributed by atoms with Crippen molar-refractivity contribution in [1.29, 1.82) is 0 Å². The highest BCUT2D eigenvalue weighted by atomic mass is 35.5. The molecule has 0 atom stereocenters. The molecular formula is C16H12Cl2FNO4. The summed E-state index contributed by atoms with van der Waals surface area (Å²) in [5.41, 5.74) is 0.638. The molecule has 5 nitrogen and oxygen atoms in total. The topological polar surface area (TPSA) is 63.7 Å². The fourth-order valence-corrected chi connectivity index (χ4v) is 3.15. The van der Waals surface area contributed by atoms with Gasteiger partial charge in [0.25, 0.3) is 17.1 Å². The van der Waals surface area contributed by atoms with E-state index in [1.54, 1.807) is 0 Å². The number of nitrogens with zero attached hydrogens (tertiary/aromatic N) is 1. The summed E-state index contributed by atoms with van der Waals surface area (Å²) in [7, 11) is 0. The zero-order valence-electron chi connectivity index (χ0n) is 12.4. The Hall–Kier alpha value is -1.92. The van der Waals surface area contributed by atoms with Crippen molar-refractivity contribution in [3.8, 4) is 5.75 Å². The Labute approximate surface area is 147 Å². The fraction of sp³-hybridized carbons (Fsp3) is 0.312. The van der Waals surface area contributed by atoms with E-state index in [2.05, 4.69) is 0 Å². The van der Waals surface area contributed by atoms with Gasteiger partial charge in [-0.3, -0.25) is 14.4 Å². The Balaban J connectivity index is 1.97. The quantitative estimate of drug-likeness (QED) is 0.601. The molecule has 2 amide bonds. The van der Waals surface area contributed by atoms with Gasteiger partial charge in [-0.15, -0.1) is 0 Å². The van der Waals surface area contributed by atoms with Crippen molar-refractivity contribution in [2.75, 3.05) is 11.5 Å². The lowest BCUT2D eigenvalue weighted by molar-refractivity contribution is -0.120. The molecule has 0 saturated heterocycles. The van der Waals surface area contributed by atoms with E-state index in [0.717, 1.165) is 29.9 Å². The Morgan fingerprint density at radius 3 is 2.29 bits per heavy atom. The van der Waals surface area contributed by atoms with Crippen molar-refractivity contribution < 1.29 is 23.5 Å². The number of carbonyl (C=O) groups is 3. The largest absolute Gasteiger partial charge is 0.483 e. The lowest BCUT2D eigenvalue weighted by Gasteiger charge is -2.18. The van der Waals surface area contributed by atoms with Crippen LogP contribution in [0.15, 0.2) is 23.3 Å². The number of carbonyl (C=O) groups excluding carboxylic acids is 3. The van der Waals surface area contributed by atoms with E-state index < -0.39 is 29.5 Å². The highest BCUT2D eigenvalue weighted by Crippen LogP contribution is 2.39. The molecule has 0 spiro atoms. The molecular weight excluding hydrogens is 360 g/mol. The third kappa shape index (κ3) is 2.91.